The van der Waals surface area contributed by atoms with Crippen molar-refractivity contribution in [2.75, 3.05) is 33.3 Å². The van der Waals surface area contributed by atoms with E-state index in [-0.39, 0.29) is 11.4 Å². The normalized spacial score (nSPS) is 17.2. The van der Waals surface area contributed by atoms with Crippen molar-refractivity contribution in [2.24, 2.45) is 0 Å². The van der Waals surface area contributed by atoms with Crippen molar-refractivity contribution in [3.8, 4) is 0 Å². The number of carbonyl (C=O) groups is 1. The Balaban J connectivity index is 2.21. The number of ether oxygens (including phenoxy) is 1. The van der Waals surface area contributed by atoms with Crippen LogP contribution in [-0.2, 0) is 16.7 Å². The summed E-state index contributed by atoms with van der Waals surface area (Å²) in [6, 6.07) is 0. The first-order valence-corrected chi connectivity index (χ1v) is 7.75. The average Bonchev–Trinajstić information content (AvgIpc) is 2.83. The van der Waals surface area contributed by atoms with Crippen LogP contribution in [0.15, 0.2) is 0 Å². The molecule has 2 heterocycles. The van der Waals surface area contributed by atoms with E-state index in [0.29, 0.717) is 4.88 Å². The summed E-state index contributed by atoms with van der Waals surface area (Å²) in [6.07, 6.45) is 0. The monoisotopic (exact) mass is 297 g/mol. The number of carbonyl (C=O) groups excluding carboxylic acids is 1. The molecule has 6 heteroatoms. The maximum Gasteiger partial charge on any atom is 0.350 e. The number of nitrogens with zero attached hydrogens (tertiary/aromatic N) is 2. The van der Waals surface area contributed by atoms with Crippen LogP contribution < -0.4 is 5.32 Å². The summed E-state index contributed by atoms with van der Waals surface area (Å²) in [7, 11) is 1.42. The van der Waals surface area contributed by atoms with Gasteiger partial charge < -0.3 is 10.1 Å². The zero-order valence-electron chi connectivity index (χ0n) is 12.7. The Morgan fingerprint density at radius 1 is 1.40 bits per heavy atom. The van der Waals surface area contributed by atoms with Crippen LogP contribution in [0.4, 0.5) is 0 Å². The van der Waals surface area contributed by atoms with Crippen molar-refractivity contribution in [1.82, 2.24) is 15.2 Å². The maximum absolute atomic E-state index is 11.9. The van der Waals surface area contributed by atoms with E-state index in [0.717, 1.165) is 43.4 Å². The second kappa shape index (κ2) is 6.20. The molecule has 1 aromatic rings. The molecule has 112 valence electrons. The van der Waals surface area contributed by atoms with Crippen molar-refractivity contribution in [3.63, 3.8) is 0 Å². The van der Waals surface area contributed by atoms with Crippen LogP contribution >= 0.6 is 11.3 Å². The molecule has 1 aliphatic rings. The predicted molar refractivity (Wildman–Crippen MR) is 80.3 cm³/mol. The molecule has 0 spiro atoms. The number of hydrogen-bond acceptors (Lipinski definition) is 6. The van der Waals surface area contributed by atoms with E-state index < -0.39 is 0 Å². The Labute approximate surface area is 124 Å². The van der Waals surface area contributed by atoms with E-state index in [9.17, 15) is 4.79 Å². The fourth-order valence-electron chi connectivity index (χ4n) is 2.23. The van der Waals surface area contributed by atoms with Crippen LogP contribution in [0.3, 0.4) is 0 Å². The molecule has 1 fully saturated rings. The number of thiazole rings is 1. The minimum Gasteiger partial charge on any atom is -0.465 e. The summed E-state index contributed by atoms with van der Waals surface area (Å²) in [6.45, 7) is 11.1. The van der Waals surface area contributed by atoms with E-state index in [2.05, 4.69) is 31.0 Å². The van der Waals surface area contributed by atoms with Gasteiger partial charge >= 0.3 is 5.97 Å². The SMILES string of the molecule is COC(=O)c1sc(CN2CCNCC2)nc1C(C)(C)C. The van der Waals surface area contributed by atoms with Crippen LogP contribution in [-0.4, -0.2) is 49.1 Å². The van der Waals surface area contributed by atoms with E-state index in [1.165, 1.54) is 18.4 Å². The topological polar surface area (TPSA) is 54.5 Å². The van der Waals surface area contributed by atoms with Crippen LogP contribution in [0.2, 0.25) is 0 Å². The lowest BCUT2D eigenvalue weighted by Gasteiger charge is -2.26. The zero-order chi connectivity index (χ0) is 14.8. The highest BCUT2D eigenvalue weighted by molar-refractivity contribution is 7.13. The van der Waals surface area contributed by atoms with E-state index in [4.69, 9.17) is 9.72 Å². The van der Waals surface area contributed by atoms with Gasteiger partial charge in [-0.3, -0.25) is 4.90 Å². The largest absolute Gasteiger partial charge is 0.465 e. The molecular formula is C14H23N3O2S. The van der Waals surface area contributed by atoms with Crippen molar-refractivity contribution in [1.29, 1.82) is 0 Å². The van der Waals surface area contributed by atoms with E-state index >= 15 is 0 Å². The second-order valence-corrected chi connectivity index (χ2v) is 7.14. The molecule has 0 aliphatic carbocycles. The predicted octanol–water partition coefficient (Wildman–Crippen LogP) is 1.63. The summed E-state index contributed by atoms with van der Waals surface area (Å²) in [5, 5.41) is 4.33. The lowest BCUT2D eigenvalue weighted by molar-refractivity contribution is 0.0603. The van der Waals surface area contributed by atoms with Crippen molar-refractivity contribution < 1.29 is 9.53 Å². The van der Waals surface area contributed by atoms with E-state index in [1.54, 1.807) is 0 Å². The Kier molecular flexibility index (Phi) is 4.78. The van der Waals surface area contributed by atoms with Crippen molar-refractivity contribution >= 4 is 17.3 Å². The van der Waals surface area contributed by atoms with Gasteiger partial charge in [0.25, 0.3) is 0 Å². The average molecular weight is 297 g/mol. The summed E-state index contributed by atoms with van der Waals surface area (Å²) < 4.78 is 4.88. The molecule has 1 N–H and O–H groups in total. The highest BCUT2D eigenvalue weighted by atomic mass is 32.1. The van der Waals surface area contributed by atoms with Crippen molar-refractivity contribution in [2.45, 2.75) is 32.7 Å². The molecule has 0 radical (unpaired) electrons. The van der Waals surface area contributed by atoms with Crippen molar-refractivity contribution in [3.05, 3.63) is 15.6 Å². The Morgan fingerprint density at radius 3 is 2.60 bits per heavy atom. The van der Waals surface area contributed by atoms with Gasteiger partial charge in [0, 0.05) is 31.6 Å². The number of hydrogen-bond donors (Lipinski definition) is 1. The molecule has 1 aromatic heterocycles. The molecule has 1 aliphatic heterocycles. The summed E-state index contributed by atoms with van der Waals surface area (Å²) in [4.78, 5) is 19.6. The smallest absolute Gasteiger partial charge is 0.350 e. The molecule has 5 nitrogen and oxygen atoms in total. The second-order valence-electron chi connectivity index (χ2n) is 6.05. The van der Waals surface area contributed by atoms with Crippen LogP contribution in [0.25, 0.3) is 0 Å². The minimum atomic E-state index is -0.279. The standard InChI is InChI=1S/C14H23N3O2S/c1-14(2,3)12-11(13(18)19-4)20-10(16-12)9-17-7-5-15-6-8-17/h15H,5-9H2,1-4H3. The van der Waals surface area contributed by atoms with Crippen LogP contribution in [0, 0.1) is 0 Å². The van der Waals surface area contributed by atoms with Gasteiger partial charge in [0.15, 0.2) is 0 Å². The Morgan fingerprint density at radius 2 is 2.05 bits per heavy atom. The molecule has 0 amide bonds. The van der Waals surface area contributed by atoms with Gasteiger partial charge in [0.05, 0.1) is 19.3 Å². The number of aromatic nitrogens is 1. The lowest BCUT2D eigenvalue weighted by Crippen LogP contribution is -2.42. The Hall–Kier alpha value is -0.980. The van der Waals surface area contributed by atoms with Gasteiger partial charge in [-0.1, -0.05) is 20.8 Å². The number of methoxy groups -OCH3 is 1. The molecule has 0 atom stereocenters. The molecule has 20 heavy (non-hydrogen) atoms. The molecule has 0 unspecified atom stereocenters. The zero-order valence-corrected chi connectivity index (χ0v) is 13.5. The summed E-state index contributed by atoms with van der Waals surface area (Å²) in [5.41, 5.74) is 0.696. The van der Waals surface area contributed by atoms with E-state index in [1.807, 2.05) is 0 Å². The first-order valence-electron chi connectivity index (χ1n) is 6.93. The molecule has 0 saturated carbocycles. The summed E-state index contributed by atoms with van der Waals surface area (Å²) in [5.74, 6) is -0.279. The summed E-state index contributed by atoms with van der Waals surface area (Å²) >= 11 is 1.46. The number of esters is 1. The fraction of sp³-hybridized carbons (Fsp3) is 0.714. The quantitative estimate of drug-likeness (QED) is 0.860. The third kappa shape index (κ3) is 3.56. The first-order chi connectivity index (χ1) is 9.41. The van der Waals surface area contributed by atoms with Crippen LogP contribution in [0.1, 0.15) is 41.1 Å². The number of nitrogens with one attached hydrogen (secondary N) is 1. The van der Waals surface area contributed by atoms with Gasteiger partial charge in [-0.2, -0.15) is 0 Å². The van der Waals surface area contributed by atoms with Gasteiger partial charge in [0.1, 0.15) is 9.88 Å². The molecular weight excluding hydrogens is 274 g/mol. The van der Waals surface area contributed by atoms with Gasteiger partial charge in [-0.25, -0.2) is 9.78 Å². The van der Waals surface area contributed by atoms with Gasteiger partial charge in [0.2, 0.25) is 0 Å². The van der Waals surface area contributed by atoms with Crippen LogP contribution in [0.5, 0.6) is 0 Å². The first kappa shape index (κ1) is 15.4. The molecule has 1 saturated heterocycles. The third-order valence-corrected chi connectivity index (χ3v) is 4.34. The highest BCUT2D eigenvalue weighted by Gasteiger charge is 2.28. The van der Waals surface area contributed by atoms with Gasteiger partial charge in [-0.05, 0) is 0 Å². The fourth-order valence-corrected chi connectivity index (χ4v) is 3.47. The third-order valence-electron chi connectivity index (χ3n) is 3.32. The lowest BCUT2D eigenvalue weighted by atomic mass is 9.91. The number of piperazine rings is 1. The highest BCUT2D eigenvalue weighted by Crippen LogP contribution is 2.30. The number of rotatable bonds is 3. The minimum absolute atomic E-state index is 0.151. The maximum atomic E-state index is 11.9. The molecule has 0 bridgehead atoms. The van der Waals surface area contributed by atoms with Gasteiger partial charge in [-0.15, -0.1) is 11.3 Å². The molecule has 2 rings (SSSR count). The Bertz CT molecular complexity index is 473. The molecule has 0 aromatic carbocycles.